The Kier molecular flexibility index (Phi) is 5.12. The fraction of sp³-hybridized carbons (Fsp3) is 0.250. The van der Waals surface area contributed by atoms with Gasteiger partial charge in [-0.25, -0.2) is 0 Å². The molecule has 2 aliphatic heterocycles. The summed E-state index contributed by atoms with van der Waals surface area (Å²) in [6.45, 7) is 6.48. The topological polar surface area (TPSA) is 71.3 Å². The molecule has 3 aromatic rings. The van der Waals surface area contributed by atoms with Crippen molar-refractivity contribution in [3.8, 4) is 23.0 Å². The van der Waals surface area contributed by atoms with Gasteiger partial charge in [-0.3, -0.25) is 4.99 Å². The summed E-state index contributed by atoms with van der Waals surface area (Å²) in [4.78, 5) is 4.42. The van der Waals surface area contributed by atoms with Gasteiger partial charge in [-0.05, 0) is 69.2 Å². The van der Waals surface area contributed by atoms with Crippen molar-refractivity contribution in [2.45, 2.75) is 38.7 Å². The lowest BCUT2D eigenvalue weighted by molar-refractivity contribution is 0.157. The Morgan fingerprint density at radius 1 is 1.03 bits per heavy atom. The highest BCUT2D eigenvalue weighted by atomic mass is 16.5. The molecule has 5 nitrogen and oxygen atoms in total. The summed E-state index contributed by atoms with van der Waals surface area (Å²) in [5, 5.41) is 21.4. The van der Waals surface area contributed by atoms with Crippen LogP contribution in [0.4, 0.5) is 5.69 Å². The molecule has 2 N–H and O–H groups in total. The molecule has 0 saturated carbocycles. The van der Waals surface area contributed by atoms with Gasteiger partial charge in [0, 0.05) is 17.7 Å². The van der Waals surface area contributed by atoms with Crippen molar-refractivity contribution in [1.82, 2.24) is 0 Å². The molecule has 0 saturated heterocycles. The second kappa shape index (κ2) is 8.00. The van der Waals surface area contributed by atoms with E-state index in [4.69, 9.17) is 9.47 Å². The minimum absolute atomic E-state index is 0.0109. The minimum atomic E-state index is -0.340. The number of fused-ring (bicyclic) bond motifs is 3. The van der Waals surface area contributed by atoms with E-state index in [0.29, 0.717) is 18.6 Å². The normalized spacial score (nSPS) is 18.3. The second-order valence-electron chi connectivity index (χ2n) is 9.25. The smallest absolute Gasteiger partial charge is 0.133 e. The number of nitrogens with zero attached hydrogens (tertiary/aromatic N) is 1. The van der Waals surface area contributed by atoms with E-state index in [1.54, 1.807) is 12.1 Å². The van der Waals surface area contributed by atoms with Gasteiger partial charge in [0.15, 0.2) is 0 Å². The van der Waals surface area contributed by atoms with Gasteiger partial charge in [0.05, 0.1) is 23.4 Å². The molecule has 1 atom stereocenters. The van der Waals surface area contributed by atoms with Gasteiger partial charge in [0.2, 0.25) is 0 Å². The molecule has 5 heteroatoms. The zero-order valence-electron chi connectivity index (χ0n) is 19.0. The van der Waals surface area contributed by atoms with Crippen molar-refractivity contribution in [2.24, 2.45) is 4.99 Å². The third kappa shape index (κ3) is 4.07. The average Bonchev–Trinajstić information content (AvgIpc) is 2.79. The van der Waals surface area contributed by atoms with E-state index < -0.39 is 0 Å². The maximum absolute atomic E-state index is 11.0. The molecule has 0 amide bonds. The molecule has 2 aliphatic rings. The highest BCUT2D eigenvalue weighted by Crippen LogP contribution is 2.45. The van der Waals surface area contributed by atoms with Crippen LogP contribution in [0.5, 0.6) is 23.0 Å². The Labute approximate surface area is 193 Å². The van der Waals surface area contributed by atoms with Crippen LogP contribution in [0.2, 0.25) is 0 Å². The van der Waals surface area contributed by atoms with Crippen LogP contribution in [0.1, 0.15) is 47.6 Å². The molecule has 0 bridgehead atoms. The Balaban J connectivity index is 1.43. The molecule has 1 unspecified atom stereocenters. The highest BCUT2D eigenvalue weighted by molar-refractivity contribution is 5.89. The molecule has 0 spiro atoms. The minimum Gasteiger partial charge on any atom is -0.507 e. The number of aromatic hydroxyl groups is 2. The standard InChI is InChI=1S/C28H27NO4/c1-17-4-7-20(8-5-17)29-15-23-24(30)10-9-21(26(23)31)19-14-18-6-11-25-22(27(18)32-16-19)12-13-28(2,3)33-25/h4-13,15,19,30-31H,14,16H2,1-3H3. The predicted octanol–water partition coefficient (Wildman–Crippen LogP) is 6.06. The van der Waals surface area contributed by atoms with Gasteiger partial charge in [-0.15, -0.1) is 0 Å². The van der Waals surface area contributed by atoms with Crippen LogP contribution < -0.4 is 9.47 Å². The maximum atomic E-state index is 11.0. The van der Waals surface area contributed by atoms with Crippen LogP contribution in [-0.4, -0.2) is 28.6 Å². The van der Waals surface area contributed by atoms with Gasteiger partial charge >= 0.3 is 0 Å². The molecular weight excluding hydrogens is 414 g/mol. The van der Waals surface area contributed by atoms with Gasteiger partial charge in [-0.1, -0.05) is 29.8 Å². The van der Waals surface area contributed by atoms with Crippen LogP contribution >= 0.6 is 0 Å². The quantitative estimate of drug-likeness (QED) is 0.485. The van der Waals surface area contributed by atoms with Gasteiger partial charge in [0.25, 0.3) is 0 Å². The molecule has 0 radical (unpaired) electrons. The molecule has 168 valence electrons. The van der Waals surface area contributed by atoms with Crippen LogP contribution in [0.25, 0.3) is 6.08 Å². The second-order valence-corrected chi connectivity index (χ2v) is 9.25. The lowest BCUT2D eigenvalue weighted by atomic mass is 9.87. The van der Waals surface area contributed by atoms with E-state index >= 15 is 0 Å². The molecule has 0 aromatic heterocycles. The van der Waals surface area contributed by atoms with Gasteiger partial charge < -0.3 is 19.7 Å². The van der Waals surface area contributed by atoms with Crippen molar-refractivity contribution >= 4 is 18.0 Å². The van der Waals surface area contributed by atoms with Crippen molar-refractivity contribution in [1.29, 1.82) is 0 Å². The van der Waals surface area contributed by atoms with Crippen LogP contribution in [0.15, 0.2) is 59.6 Å². The number of ether oxygens (including phenoxy) is 2. The first-order chi connectivity index (χ1) is 15.8. The molecule has 33 heavy (non-hydrogen) atoms. The molecule has 0 aliphatic carbocycles. The lowest BCUT2D eigenvalue weighted by Gasteiger charge is -2.32. The first-order valence-corrected chi connectivity index (χ1v) is 11.1. The van der Waals surface area contributed by atoms with Crippen molar-refractivity contribution in [3.63, 3.8) is 0 Å². The van der Waals surface area contributed by atoms with E-state index in [0.717, 1.165) is 39.4 Å². The summed E-state index contributed by atoms with van der Waals surface area (Å²) in [6, 6.07) is 15.1. The van der Waals surface area contributed by atoms with Crippen LogP contribution in [-0.2, 0) is 6.42 Å². The van der Waals surface area contributed by atoms with E-state index in [9.17, 15) is 10.2 Å². The van der Waals surface area contributed by atoms with E-state index in [1.807, 2.05) is 63.2 Å². The summed E-state index contributed by atoms with van der Waals surface area (Å²) in [6.07, 6.45) is 6.33. The van der Waals surface area contributed by atoms with Crippen LogP contribution in [0.3, 0.4) is 0 Å². The Morgan fingerprint density at radius 2 is 1.82 bits per heavy atom. The van der Waals surface area contributed by atoms with Crippen molar-refractivity contribution in [2.75, 3.05) is 6.61 Å². The number of hydrogen-bond acceptors (Lipinski definition) is 5. The van der Waals surface area contributed by atoms with Crippen LogP contribution in [0, 0.1) is 6.92 Å². The van der Waals surface area contributed by atoms with E-state index in [1.165, 1.54) is 6.21 Å². The monoisotopic (exact) mass is 441 g/mol. The summed E-state index contributed by atoms with van der Waals surface area (Å²) < 4.78 is 12.2. The van der Waals surface area contributed by atoms with Gasteiger partial charge in [-0.2, -0.15) is 0 Å². The molecule has 3 aromatic carbocycles. The number of phenolic OH excluding ortho intramolecular Hbond substituents is 2. The number of rotatable bonds is 3. The zero-order valence-corrected chi connectivity index (χ0v) is 19.0. The summed E-state index contributed by atoms with van der Waals surface area (Å²) in [5.41, 5.74) is 4.63. The summed E-state index contributed by atoms with van der Waals surface area (Å²) >= 11 is 0. The third-order valence-electron chi connectivity index (χ3n) is 6.20. The SMILES string of the molecule is Cc1ccc(N=Cc2c(O)ccc(C3COc4c(ccc5c4C=CC(C)(C)O5)C3)c2O)cc1. The zero-order chi connectivity index (χ0) is 23.2. The Morgan fingerprint density at radius 3 is 2.61 bits per heavy atom. The lowest BCUT2D eigenvalue weighted by Crippen LogP contribution is -2.28. The highest BCUT2D eigenvalue weighted by Gasteiger charge is 2.30. The largest absolute Gasteiger partial charge is 0.507 e. The summed E-state index contributed by atoms with van der Waals surface area (Å²) in [7, 11) is 0. The van der Waals surface area contributed by atoms with Crippen molar-refractivity contribution < 1.29 is 19.7 Å². The van der Waals surface area contributed by atoms with E-state index in [-0.39, 0.29) is 23.0 Å². The number of aliphatic imine (C=N–C) groups is 1. The third-order valence-corrected chi connectivity index (χ3v) is 6.20. The summed E-state index contributed by atoms with van der Waals surface area (Å²) in [5.74, 6) is 1.64. The first kappa shape index (κ1) is 21.1. The number of hydrogen-bond donors (Lipinski definition) is 2. The molecule has 0 fully saturated rings. The Bertz CT molecular complexity index is 1270. The first-order valence-electron chi connectivity index (χ1n) is 11.1. The molecule has 5 rings (SSSR count). The maximum Gasteiger partial charge on any atom is 0.133 e. The Hall–Kier alpha value is -3.73. The van der Waals surface area contributed by atoms with Gasteiger partial charge in [0.1, 0.15) is 28.6 Å². The number of phenols is 2. The fourth-order valence-corrected chi connectivity index (χ4v) is 4.35. The average molecular weight is 442 g/mol. The van der Waals surface area contributed by atoms with Crippen molar-refractivity contribution in [3.05, 3.63) is 82.4 Å². The predicted molar refractivity (Wildman–Crippen MR) is 130 cm³/mol. The molecule has 2 heterocycles. The number of aryl methyl sites for hydroxylation is 1. The molecular formula is C28H27NO4. The fourth-order valence-electron chi connectivity index (χ4n) is 4.35. The van der Waals surface area contributed by atoms with E-state index in [2.05, 4.69) is 11.1 Å². The number of benzene rings is 3.